The van der Waals surface area contributed by atoms with Crippen LogP contribution in [0, 0.1) is 6.92 Å². The molecule has 5 nitrogen and oxygen atoms in total. The van der Waals surface area contributed by atoms with Gasteiger partial charge >= 0.3 is 6.03 Å². The summed E-state index contributed by atoms with van der Waals surface area (Å²) in [7, 11) is 0. The molecule has 0 aliphatic carbocycles. The maximum atomic E-state index is 12.0. The van der Waals surface area contributed by atoms with Crippen LogP contribution in [0.3, 0.4) is 0 Å². The zero-order valence-electron chi connectivity index (χ0n) is 13.0. The molecule has 0 unspecified atom stereocenters. The highest BCUT2D eigenvalue weighted by Crippen LogP contribution is 2.25. The molecule has 0 radical (unpaired) electrons. The lowest BCUT2D eigenvalue weighted by atomic mass is 10.0. The first-order chi connectivity index (χ1) is 11.1. The normalized spacial score (nSPS) is 13.0. The molecule has 3 rings (SSSR count). The number of carbonyl (C=O) groups excluding carboxylic acids is 2. The summed E-state index contributed by atoms with van der Waals surface area (Å²) >= 11 is 0. The molecule has 3 amide bonds. The van der Waals surface area contributed by atoms with E-state index in [1.54, 1.807) is 6.07 Å². The number of aryl methyl sites for hydroxylation is 2. The topological polar surface area (TPSA) is 70.2 Å². The predicted molar refractivity (Wildman–Crippen MR) is 90.4 cm³/mol. The molecular weight excluding hydrogens is 290 g/mol. The third-order valence-electron chi connectivity index (χ3n) is 3.96. The Hall–Kier alpha value is -2.82. The van der Waals surface area contributed by atoms with E-state index in [0.717, 1.165) is 28.8 Å². The largest absolute Gasteiger partial charge is 0.334 e. The summed E-state index contributed by atoms with van der Waals surface area (Å²) in [6, 6.07) is 13.2. The van der Waals surface area contributed by atoms with E-state index in [9.17, 15) is 9.59 Å². The molecule has 2 aromatic rings. The zero-order valence-corrected chi connectivity index (χ0v) is 13.0. The Balaban J connectivity index is 1.61. The lowest BCUT2D eigenvalue weighted by Crippen LogP contribution is -2.28. The van der Waals surface area contributed by atoms with E-state index in [2.05, 4.69) is 16.0 Å². The lowest BCUT2D eigenvalue weighted by molar-refractivity contribution is -0.116. The SMILES string of the molecule is Cc1ccccc1CNC(=O)Nc1ccc2c(c1)NC(=O)CC2. The van der Waals surface area contributed by atoms with Crippen LogP contribution in [0.15, 0.2) is 42.5 Å². The Morgan fingerprint density at radius 1 is 1.17 bits per heavy atom. The second-order valence-corrected chi connectivity index (χ2v) is 5.65. The van der Waals surface area contributed by atoms with Gasteiger partial charge in [0.05, 0.1) is 0 Å². The van der Waals surface area contributed by atoms with Crippen molar-refractivity contribution >= 4 is 23.3 Å². The Morgan fingerprint density at radius 3 is 2.83 bits per heavy atom. The molecule has 5 heteroatoms. The first-order valence-electron chi connectivity index (χ1n) is 7.64. The van der Waals surface area contributed by atoms with Gasteiger partial charge in [-0.05, 0) is 42.2 Å². The summed E-state index contributed by atoms with van der Waals surface area (Å²) in [5.41, 5.74) is 4.76. The third-order valence-corrected chi connectivity index (χ3v) is 3.96. The van der Waals surface area contributed by atoms with Crippen LogP contribution >= 0.6 is 0 Å². The number of hydrogen-bond acceptors (Lipinski definition) is 2. The minimum Gasteiger partial charge on any atom is -0.334 e. The molecule has 0 saturated carbocycles. The number of anilines is 2. The number of fused-ring (bicyclic) bond motifs is 1. The second-order valence-electron chi connectivity index (χ2n) is 5.65. The molecule has 0 saturated heterocycles. The number of amides is 3. The van der Waals surface area contributed by atoms with Gasteiger partial charge in [-0.15, -0.1) is 0 Å². The van der Waals surface area contributed by atoms with Crippen LogP contribution in [-0.4, -0.2) is 11.9 Å². The number of benzene rings is 2. The van der Waals surface area contributed by atoms with Crippen LogP contribution in [0.25, 0.3) is 0 Å². The van der Waals surface area contributed by atoms with E-state index < -0.39 is 0 Å². The molecule has 0 fully saturated rings. The van der Waals surface area contributed by atoms with Crippen molar-refractivity contribution in [2.75, 3.05) is 10.6 Å². The minimum absolute atomic E-state index is 0.0126. The highest BCUT2D eigenvalue weighted by molar-refractivity contribution is 5.96. The number of nitrogens with one attached hydrogen (secondary N) is 3. The van der Waals surface area contributed by atoms with Gasteiger partial charge in [-0.1, -0.05) is 30.3 Å². The standard InChI is InChI=1S/C18H19N3O2/c1-12-4-2-3-5-14(12)11-19-18(23)20-15-8-6-13-7-9-17(22)21-16(13)10-15/h2-6,8,10H,7,9,11H2,1H3,(H,21,22)(H2,19,20,23). The van der Waals surface area contributed by atoms with Crippen LogP contribution < -0.4 is 16.0 Å². The van der Waals surface area contributed by atoms with Gasteiger partial charge in [-0.25, -0.2) is 4.79 Å². The maximum Gasteiger partial charge on any atom is 0.319 e. The fourth-order valence-electron chi connectivity index (χ4n) is 2.61. The summed E-state index contributed by atoms with van der Waals surface area (Å²) in [5, 5.41) is 8.46. The quantitative estimate of drug-likeness (QED) is 0.815. The Bertz CT molecular complexity index is 756. The Morgan fingerprint density at radius 2 is 2.00 bits per heavy atom. The highest BCUT2D eigenvalue weighted by Gasteiger charge is 2.15. The summed E-state index contributed by atoms with van der Waals surface area (Å²) in [5.74, 6) is 0.0126. The van der Waals surface area contributed by atoms with E-state index >= 15 is 0 Å². The average Bonchev–Trinajstić information content (AvgIpc) is 2.54. The van der Waals surface area contributed by atoms with Crippen LogP contribution in [-0.2, 0) is 17.8 Å². The van der Waals surface area contributed by atoms with E-state index in [1.807, 2.05) is 43.3 Å². The van der Waals surface area contributed by atoms with Gasteiger partial charge in [0.2, 0.25) is 5.91 Å². The molecular formula is C18H19N3O2. The van der Waals surface area contributed by atoms with Gasteiger partial charge in [0, 0.05) is 24.3 Å². The molecule has 1 heterocycles. The smallest absolute Gasteiger partial charge is 0.319 e. The fraction of sp³-hybridized carbons (Fsp3) is 0.222. The minimum atomic E-state index is -0.268. The molecule has 118 valence electrons. The molecule has 1 aliphatic heterocycles. The van der Waals surface area contributed by atoms with Gasteiger partial charge < -0.3 is 16.0 Å². The number of rotatable bonds is 3. The molecule has 0 bridgehead atoms. The lowest BCUT2D eigenvalue weighted by Gasteiger charge is -2.18. The summed E-state index contributed by atoms with van der Waals surface area (Å²) in [4.78, 5) is 23.5. The van der Waals surface area contributed by atoms with Crippen LogP contribution in [0.4, 0.5) is 16.2 Å². The first kappa shape index (κ1) is 15.1. The molecule has 2 aromatic carbocycles. The van der Waals surface area contributed by atoms with E-state index in [0.29, 0.717) is 18.7 Å². The molecule has 23 heavy (non-hydrogen) atoms. The summed E-state index contributed by atoms with van der Waals surface area (Å²) in [6.07, 6.45) is 1.25. The molecule has 1 aliphatic rings. The van der Waals surface area contributed by atoms with Crippen molar-refractivity contribution in [2.45, 2.75) is 26.3 Å². The Labute approximate surface area is 135 Å². The average molecular weight is 309 g/mol. The van der Waals surface area contributed by atoms with Crippen molar-refractivity contribution in [1.82, 2.24) is 5.32 Å². The predicted octanol–water partition coefficient (Wildman–Crippen LogP) is 3.20. The highest BCUT2D eigenvalue weighted by atomic mass is 16.2. The zero-order chi connectivity index (χ0) is 16.2. The van der Waals surface area contributed by atoms with Crippen molar-refractivity contribution < 1.29 is 9.59 Å². The van der Waals surface area contributed by atoms with Gasteiger partial charge in [-0.3, -0.25) is 4.79 Å². The monoisotopic (exact) mass is 309 g/mol. The van der Waals surface area contributed by atoms with Crippen molar-refractivity contribution in [3.63, 3.8) is 0 Å². The number of urea groups is 1. The number of hydrogen-bond donors (Lipinski definition) is 3. The summed E-state index contributed by atoms with van der Waals surface area (Å²) in [6.45, 7) is 2.49. The van der Waals surface area contributed by atoms with E-state index in [-0.39, 0.29) is 11.9 Å². The first-order valence-corrected chi connectivity index (χ1v) is 7.64. The molecule has 3 N–H and O–H groups in total. The molecule has 0 spiro atoms. The van der Waals surface area contributed by atoms with Gasteiger partial charge in [-0.2, -0.15) is 0 Å². The number of carbonyl (C=O) groups is 2. The van der Waals surface area contributed by atoms with E-state index in [1.165, 1.54) is 0 Å². The van der Waals surface area contributed by atoms with Crippen LogP contribution in [0.5, 0.6) is 0 Å². The second kappa shape index (κ2) is 6.52. The molecule has 0 aromatic heterocycles. The van der Waals surface area contributed by atoms with Crippen molar-refractivity contribution in [3.05, 3.63) is 59.2 Å². The van der Waals surface area contributed by atoms with Gasteiger partial charge in [0.1, 0.15) is 0 Å². The maximum absolute atomic E-state index is 12.0. The van der Waals surface area contributed by atoms with Crippen molar-refractivity contribution in [1.29, 1.82) is 0 Å². The van der Waals surface area contributed by atoms with Gasteiger partial charge in [0.15, 0.2) is 0 Å². The summed E-state index contributed by atoms with van der Waals surface area (Å²) < 4.78 is 0. The van der Waals surface area contributed by atoms with Gasteiger partial charge in [0.25, 0.3) is 0 Å². The Kier molecular flexibility index (Phi) is 4.28. The van der Waals surface area contributed by atoms with Crippen molar-refractivity contribution in [3.8, 4) is 0 Å². The third kappa shape index (κ3) is 3.69. The molecule has 0 atom stereocenters. The fourth-order valence-corrected chi connectivity index (χ4v) is 2.61. The van der Waals surface area contributed by atoms with Crippen LogP contribution in [0.2, 0.25) is 0 Å². The van der Waals surface area contributed by atoms with Crippen LogP contribution in [0.1, 0.15) is 23.1 Å². The van der Waals surface area contributed by atoms with Crippen molar-refractivity contribution in [2.24, 2.45) is 0 Å². The van der Waals surface area contributed by atoms with E-state index in [4.69, 9.17) is 0 Å².